The number of anilines is 1. The normalized spacial score (nSPS) is 10.6. The summed E-state index contributed by atoms with van der Waals surface area (Å²) in [6.07, 6.45) is 3.17. The predicted molar refractivity (Wildman–Crippen MR) is 106 cm³/mol. The van der Waals surface area contributed by atoms with Gasteiger partial charge >= 0.3 is 0 Å². The molecule has 0 aromatic carbocycles. The van der Waals surface area contributed by atoms with Crippen molar-refractivity contribution in [3.63, 3.8) is 0 Å². The molecule has 0 atom stereocenters. The number of nitrogens with one attached hydrogen (secondary N) is 1. The molecule has 0 aliphatic rings. The number of methoxy groups -OCH3 is 2. The van der Waals surface area contributed by atoms with Crippen molar-refractivity contribution in [1.29, 1.82) is 0 Å². The predicted octanol–water partition coefficient (Wildman–Crippen LogP) is 3.42. The number of carbonyl (C=O) groups is 1. The zero-order valence-corrected chi connectivity index (χ0v) is 17.0. The fourth-order valence-electron chi connectivity index (χ4n) is 2.82. The Hall–Kier alpha value is -3.13. The molecule has 0 aliphatic carbocycles. The van der Waals surface area contributed by atoms with Gasteiger partial charge in [0, 0.05) is 25.0 Å². The van der Waals surface area contributed by atoms with Crippen LogP contribution in [0.25, 0.3) is 11.3 Å². The number of carbonyl (C=O) groups excluding carboxylic acids is 1. The molecule has 0 fully saturated rings. The number of nitrogens with zero attached hydrogens (tertiary/aromatic N) is 4. The highest BCUT2D eigenvalue weighted by Crippen LogP contribution is 2.37. The molecular formula is C19H20ClN5O3. The van der Waals surface area contributed by atoms with Gasteiger partial charge in [0.05, 0.1) is 42.4 Å². The van der Waals surface area contributed by atoms with Crippen molar-refractivity contribution in [3.8, 4) is 22.9 Å². The third-order valence-corrected chi connectivity index (χ3v) is 4.58. The largest absolute Gasteiger partial charge is 0.496 e. The third kappa shape index (κ3) is 3.63. The van der Waals surface area contributed by atoms with Gasteiger partial charge in [-0.05, 0) is 25.5 Å². The Morgan fingerprint density at radius 1 is 1.14 bits per heavy atom. The van der Waals surface area contributed by atoms with Gasteiger partial charge in [0.15, 0.2) is 5.69 Å². The van der Waals surface area contributed by atoms with Crippen LogP contribution in [0.5, 0.6) is 11.6 Å². The lowest BCUT2D eigenvalue weighted by Crippen LogP contribution is -2.14. The van der Waals surface area contributed by atoms with E-state index >= 15 is 0 Å². The summed E-state index contributed by atoms with van der Waals surface area (Å²) in [4.78, 5) is 21.2. The van der Waals surface area contributed by atoms with E-state index < -0.39 is 5.91 Å². The van der Waals surface area contributed by atoms with Crippen molar-refractivity contribution in [2.75, 3.05) is 19.5 Å². The van der Waals surface area contributed by atoms with Gasteiger partial charge in [-0.2, -0.15) is 5.10 Å². The van der Waals surface area contributed by atoms with Crippen LogP contribution in [0.15, 0.2) is 24.5 Å². The molecule has 0 saturated carbocycles. The van der Waals surface area contributed by atoms with Crippen molar-refractivity contribution in [3.05, 3.63) is 46.5 Å². The lowest BCUT2D eigenvalue weighted by atomic mass is 10.1. The molecule has 9 heteroatoms. The second-order valence-corrected chi connectivity index (χ2v) is 6.53. The smallest absolute Gasteiger partial charge is 0.277 e. The molecule has 0 aliphatic heterocycles. The summed E-state index contributed by atoms with van der Waals surface area (Å²) >= 11 is 6.52. The first kappa shape index (κ1) is 19.6. The molecule has 8 nitrogen and oxygen atoms in total. The van der Waals surface area contributed by atoms with Crippen LogP contribution in [0, 0.1) is 13.8 Å². The summed E-state index contributed by atoms with van der Waals surface area (Å²) in [6, 6.07) is 3.52. The van der Waals surface area contributed by atoms with Gasteiger partial charge in [-0.15, -0.1) is 0 Å². The summed E-state index contributed by atoms with van der Waals surface area (Å²) in [5, 5.41) is 7.29. The number of halogens is 1. The van der Waals surface area contributed by atoms with Crippen LogP contribution in [0.1, 0.15) is 21.7 Å². The van der Waals surface area contributed by atoms with Crippen molar-refractivity contribution >= 4 is 23.2 Å². The van der Waals surface area contributed by atoms with Crippen molar-refractivity contribution in [2.24, 2.45) is 7.05 Å². The fourth-order valence-corrected chi connectivity index (χ4v) is 3.17. The number of hydrogen-bond acceptors (Lipinski definition) is 6. The summed E-state index contributed by atoms with van der Waals surface area (Å²) < 4.78 is 12.1. The maximum Gasteiger partial charge on any atom is 0.277 e. The Labute approximate surface area is 167 Å². The first-order valence-electron chi connectivity index (χ1n) is 8.41. The maximum absolute atomic E-state index is 12.8. The van der Waals surface area contributed by atoms with E-state index in [1.54, 1.807) is 25.5 Å². The molecule has 3 aromatic heterocycles. The third-order valence-electron chi connectivity index (χ3n) is 4.23. The van der Waals surface area contributed by atoms with E-state index in [9.17, 15) is 4.79 Å². The van der Waals surface area contributed by atoms with Crippen LogP contribution in [0.2, 0.25) is 5.02 Å². The van der Waals surface area contributed by atoms with Gasteiger partial charge in [0.1, 0.15) is 5.75 Å². The van der Waals surface area contributed by atoms with Gasteiger partial charge in [0.2, 0.25) is 5.88 Å². The van der Waals surface area contributed by atoms with Crippen LogP contribution in [-0.2, 0) is 7.05 Å². The quantitative estimate of drug-likeness (QED) is 0.704. The van der Waals surface area contributed by atoms with E-state index in [4.69, 9.17) is 21.1 Å². The lowest BCUT2D eigenvalue weighted by molar-refractivity contribution is 0.102. The van der Waals surface area contributed by atoms with Crippen molar-refractivity contribution in [1.82, 2.24) is 19.7 Å². The topological polar surface area (TPSA) is 91.2 Å². The first-order valence-corrected chi connectivity index (χ1v) is 8.79. The first-order chi connectivity index (χ1) is 13.3. The monoisotopic (exact) mass is 401 g/mol. The molecule has 0 bridgehead atoms. The Morgan fingerprint density at radius 3 is 2.54 bits per heavy atom. The summed E-state index contributed by atoms with van der Waals surface area (Å²) in [7, 11) is 4.74. The van der Waals surface area contributed by atoms with Gasteiger partial charge < -0.3 is 14.8 Å². The number of ether oxygens (including phenoxy) is 2. The maximum atomic E-state index is 12.8. The molecule has 0 saturated heterocycles. The van der Waals surface area contributed by atoms with Crippen LogP contribution < -0.4 is 14.8 Å². The molecule has 3 heterocycles. The van der Waals surface area contributed by atoms with Crippen molar-refractivity contribution < 1.29 is 14.3 Å². The standard InChI is InChI=1S/C19H20ClN5O3/c1-10-6-11(2)21-9-13(10)23-19(26)17-16(20)18(25(3)24-17)12-8-22-15(28-5)7-14(12)27-4/h6-9H,1-5H3,(H,23,26). The van der Waals surface area contributed by atoms with Crippen molar-refractivity contribution in [2.45, 2.75) is 13.8 Å². The molecule has 1 N–H and O–H groups in total. The minimum Gasteiger partial charge on any atom is -0.496 e. The van der Waals surface area contributed by atoms with Crippen LogP contribution in [0.3, 0.4) is 0 Å². The summed E-state index contributed by atoms with van der Waals surface area (Å²) in [5.41, 5.74) is 3.56. The molecule has 0 radical (unpaired) electrons. The minimum atomic E-state index is -0.430. The molecule has 0 spiro atoms. The van der Waals surface area contributed by atoms with E-state index in [1.165, 1.54) is 18.9 Å². The summed E-state index contributed by atoms with van der Waals surface area (Å²) in [5.74, 6) is 0.475. The average molecular weight is 402 g/mol. The van der Waals surface area contributed by atoms with Gasteiger partial charge in [-0.1, -0.05) is 11.6 Å². The zero-order chi connectivity index (χ0) is 20.4. The average Bonchev–Trinajstić information content (AvgIpc) is 2.97. The highest BCUT2D eigenvalue weighted by Gasteiger charge is 2.24. The van der Waals surface area contributed by atoms with Crippen LogP contribution >= 0.6 is 11.6 Å². The number of aryl methyl sites for hydroxylation is 3. The number of aromatic nitrogens is 4. The summed E-state index contributed by atoms with van der Waals surface area (Å²) in [6.45, 7) is 3.78. The molecule has 3 rings (SSSR count). The zero-order valence-electron chi connectivity index (χ0n) is 16.2. The molecule has 28 heavy (non-hydrogen) atoms. The molecule has 0 unspecified atom stereocenters. The lowest BCUT2D eigenvalue weighted by Gasteiger charge is -2.10. The van der Waals surface area contributed by atoms with Crippen LogP contribution in [-0.4, -0.2) is 39.9 Å². The number of hydrogen-bond donors (Lipinski definition) is 1. The Balaban J connectivity index is 1.99. The van der Waals surface area contributed by atoms with Gasteiger partial charge in [0.25, 0.3) is 5.91 Å². The van der Waals surface area contributed by atoms with E-state index in [2.05, 4.69) is 20.4 Å². The Kier molecular flexibility index (Phi) is 5.51. The van der Waals surface area contributed by atoms with Gasteiger partial charge in [-0.25, -0.2) is 4.98 Å². The number of rotatable bonds is 5. The molecule has 3 aromatic rings. The van der Waals surface area contributed by atoms with E-state index in [0.717, 1.165) is 11.3 Å². The van der Waals surface area contributed by atoms with E-state index in [-0.39, 0.29) is 10.7 Å². The van der Waals surface area contributed by atoms with Gasteiger partial charge in [-0.3, -0.25) is 14.5 Å². The highest BCUT2D eigenvalue weighted by molar-refractivity contribution is 6.36. The second kappa shape index (κ2) is 7.85. The van der Waals surface area contributed by atoms with E-state index in [1.807, 2.05) is 19.9 Å². The molecule has 146 valence electrons. The number of pyridine rings is 2. The molecular weight excluding hydrogens is 382 g/mol. The molecule has 1 amide bonds. The second-order valence-electron chi connectivity index (χ2n) is 6.16. The SMILES string of the molecule is COc1cc(OC)c(-c2c(Cl)c(C(=O)Nc3cnc(C)cc3C)nn2C)cn1. The highest BCUT2D eigenvalue weighted by atomic mass is 35.5. The Bertz CT molecular complexity index is 1050. The Morgan fingerprint density at radius 2 is 1.89 bits per heavy atom. The fraction of sp³-hybridized carbons (Fsp3) is 0.263. The van der Waals surface area contributed by atoms with Crippen LogP contribution in [0.4, 0.5) is 5.69 Å². The minimum absolute atomic E-state index is 0.0945. The number of amides is 1. The van der Waals surface area contributed by atoms with E-state index in [0.29, 0.717) is 28.6 Å².